The van der Waals surface area contributed by atoms with Crippen LogP contribution in [0.1, 0.15) is 5.56 Å². The molecule has 126 valence electrons. The topological polar surface area (TPSA) is 40.5 Å². The lowest BCUT2D eigenvalue weighted by Crippen LogP contribution is -2.35. The van der Waals surface area contributed by atoms with Gasteiger partial charge in [-0.25, -0.2) is 0 Å². The van der Waals surface area contributed by atoms with Crippen molar-refractivity contribution >= 4 is 67.2 Å². The van der Waals surface area contributed by atoms with Crippen LogP contribution in [0.15, 0.2) is 65.1 Å². The van der Waals surface area contributed by atoms with E-state index in [0.29, 0.717) is 15.7 Å². The Hall–Kier alpha value is -1.95. The van der Waals surface area contributed by atoms with Gasteiger partial charge in [0.25, 0.3) is 0 Å². The number of anilines is 1. The summed E-state index contributed by atoms with van der Waals surface area (Å²) in [6.07, 6.45) is 0. The summed E-state index contributed by atoms with van der Waals surface area (Å²) in [5.41, 5.74) is 1.49. The lowest BCUT2D eigenvalue weighted by atomic mass is 10.0. The number of carbonyl (C=O) groups is 1. The van der Waals surface area contributed by atoms with Gasteiger partial charge in [0.1, 0.15) is 11.5 Å². The minimum atomic E-state index is -0.960. The molecule has 0 saturated carbocycles. The molecule has 0 fully saturated rings. The molecule has 3 aromatic rings. The van der Waals surface area contributed by atoms with Gasteiger partial charge in [0.15, 0.2) is 0 Å². The molecule has 0 saturated heterocycles. The largest absolute Gasteiger partial charge is 0.480 e. The van der Waals surface area contributed by atoms with E-state index >= 15 is 0 Å². The summed E-state index contributed by atoms with van der Waals surface area (Å²) in [6.45, 7) is -0.231. The third-order valence-electron chi connectivity index (χ3n) is 3.78. The van der Waals surface area contributed by atoms with E-state index < -0.39 is 5.97 Å². The SMILES string of the molecule is O=C(O)CN(C(=S)c1cccc2c(Br)cccc12)c1ccc(Cl)cc1. The summed E-state index contributed by atoms with van der Waals surface area (Å²) in [5, 5.41) is 11.9. The second-order valence-corrected chi connectivity index (χ2v) is 7.08. The van der Waals surface area contributed by atoms with E-state index in [2.05, 4.69) is 15.9 Å². The van der Waals surface area contributed by atoms with Gasteiger partial charge in [-0.3, -0.25) is 4.79 Å². The number of hydrogen-bond donors (Lipinski definition) is 1. The molecule has 25 heavy (non-hydrogen) atoms. The molecule has 0 radical (unpaired) electrons. The van der Waals surface area contributed by atoms with Crippen LogP contribution in [-0.2, 0) is 4.79 Å². The van der Waals surface area contributed by atoms with E-state index in [9.17, 15) is 9.90 Å². The van der Waals surface area contributed by atoms with Crippen LogP contribution in [0.5, 0.6) is 0 Å². The Morgan fingerprint density at radius 1 is 1.04 bits per heavy atom. The van der Waals surface area contributed by atoms with Crippen LogP contribution in [0.2, 0.25) is 5.02 Å². The number of carboxylic acids is 1. The first-order valence-electron chi connectivity index (χ1n) is 7.44. The van der Waals surface area contributed by atoms with Crippen molar-refractivity contribution in [2.24, 2.45) is 0 Å². The second-order valence-electron chi connectivity index (χ2n) is 5.40. The standard InChI is InChI=1S/C19H13BrClNO2S/c20-17-6-2-3-14-15(17)4-1-5-16(14)19(25)22(11-18(23)24)13-9-7-12(21)8-10-13/h1-10H,11H2,(H,23,24). The van der Waals surface area contributed by atoms with Crippen molar-refractivity contribution in [3.63, 3.8) is 0 Å². The third kappa shape index (κ3) is 3.84. The van der Waals surface area contributed by atoms with Gasteiger partial charge in [-0.1, -0.05) is 70.1 Å². The second kappa shape index (κ2) is 7.52. The first kappa shape index (κ1) is 17.9. The number of benzene rings is 3. The zero-order valence-electron chi connectivity index (χ0n) is 12.9. The average molecular weight is 435 g/mol. The number of hydrogen-bond acceptors (Lipinski definition) is 2. The Kier molecular flexibility index (Phi) is 5.37. The van der Waals surface area contributed by atoms with E-state index in [4.69, 9.17) is 23.8 Å². The molecule has 3 nitrogen and oxygen atoms in total. The zero-order valence-corrected chi connectivity index (χ0v) is 16.1. The average Bonchev–Trinajstić information content (AvgIpc) is 2.60. The van der Waals surface area contributed by atoms with Gasteiger partial charge in [0.2, 0.25) is 0 Å². The maximum atomic E-state index is 11.4. The highest BCUT2D eigenvalue weighted by molar-refractivity contribution is 9.10. The van der Waals surface area contributed by atoms with Crippen molar-refractivity contribution in [1.29, 1.82) is 0 Å². The van der Waals surface area contributed by atoms with Gasteiger partial charge < -0.3 is 10.0 Å². The van der Waals surface area contributed by atoms with E-state index in [-0.39, 0.29) is 6.54 Å². The quantitative estimate of drug-likeness (QED) is 0.549. The Labute approximate surface area is 164 Å². The number of fused-ring (bicyclic) bond motifs is 1. The predicted octanol–water partition coefficient (Wildman–Crippen LogP) is 5.52. The smallest absolute Gasteiger partial charge is 0.323 e. The van der Waals surface area contributed by atoms with Crippen LogP contribution in [0, 0.1) is 0 Å². The fourth-order valence-electron chi connectivity index (χ4n) is 2.64. The van der Waals surface area contributed by atoms with Crippen LogP contribution in [-0.4, -0.2) is 22.6 Å². The van der Waals surface area contributed by atoms with Gasteiger partial charge in [0.05, 0.1) is 0 Å². The molecule has 0 bridgehead atoms. The van der Waals surface area contributed by atoms with Crippen molar-refractivity contribution < 1.29 is 9.90 Å². The number of carboxylic acid groups (broad SMARTS) is 1. The van der Waals surface area contributed by atoms with Crippen molar-refractivity contribution in [1.82, 2.24) is 0 Å². The molecule has 1 N–H and O–H groups in total. The first-order chi connectivity index (χ1) is 12.0. The molecule has 0 unspecified atom stereocenters. The van der Waals surface area contributed by atoms with Crippen molar-refractivity contribution in [2.45, 2.75) is 0 Å². The third-order valence-corrected chi connectivity index (χ3v) is 5.16. The summed E-state index contributed by atoms with van der Waals surface area (Å²) in [7, 11) is 0. The summed E-state index contributed by atoms with van der Waals surface area (Å²) in [4.78, 5) is 13.4. The number of aliphatic carboxylic acids is 1. The molecule has 0 heterocycles. The highest BCUT2D eigenvalue weighted by Crippen LogP contribution is 2.29. The van der Waals surface area contributed by atoms with Gasteiger partial charge in [-0.15, -0.1) is 0 Å². The number of halogens is 2. The molecule has 0 aliphatic rings. The minimum absolute atomic E-state index is 0.231. The summed E-state index contributed by atoms with van der Waals surface area (Å²) in [5.74, 6) is -0.960. The molecule has 6 heteroatoms. The van der Waals surface area contributed by atoms with E-state index in [1.165, 1.54) is 0 Å². The van der Waals surface area contributed by atoms with E-state index in [1.54, 1.807) is 29.2 Å². The molecule has 0 amide bonds. The summed E-state index contributed by atoms with van der Waals surface area (Å²) in [6, 6.07) is 18.6. The minimum Gasteiger partial charge on any atom is -0.480 e. The van der Waals surface area contributed by atoms with Crippen LogP contribution in [0.4, 0.5) is 5.69 Å². The van der Waals surface area contributed by atoms with Crippen LogP contribution in [0.25, 0.3) is 10.8 Å². The molecular weight excluding hydrogens is 422 g/mol. The number of nitrogens with zero attached hydrogens (tertiary/aromatic N) is 1. The molecule has 0 atom stereocenters. The summed E-state index contributed by atoms with van der Waals surface area (Å²) < 4.78 is 0.964. The maximum absolute atomic E-state index is 11.4. The van der Waals surface area contributed by atoms with Gasteiger partial charge in [0, 0.05) is 20.7 Å². The van der Waals surface area contributed by atoms with E-state index in [1.807, 2.05) is 36.4 Å². The van der Waals surface area contributed by atoms with Crippen molar-refractivity contribution in [2.75, 3.05) is 11.4 Å². The lowest BCUT2D eigenvalue weighted by molar-refractivity contribution is -0.135. The van der Waals surface area contributed by atoms with Crippen LogP contribution < -0.4 is 4.90 Å². The van der Waals surface area contributed by atoms with E-state index in [0.717, 1.165) is 20.8 Å². The highest BCUT2D eigenvalue weighted by Gasteiger charge is 2.19. The Balaban J connectivity index is 2.11. The Morgan fingerprint density at radius 3 is 2.36 bits per heavy atom. The molecule has 3 rings (SSSR count). The van der Waals surface area contributed by atoms with Gasteiger partial charge in [-0.2, -0.15) is 0 Å². The summed E-state index contributed by atoms with van der Waals surface area (Å²) >= 11 is 15.1. The van der Waals surface area contributed by atoms with Crippen LogP contribution in [0.3, 0.4) is 0 Å². The van der Waals surface area contributed by atoms with Gasteiger partial charge >= 0.3 is 5.97 Å². The molecule has 0 aliphatic heterocycles. The predicted molar refractivity (Wildman–Crippen MR) is 110 cm³/mol. The first-order valence-corrected chi connectivity index (χ1v) is 9.02. The Morgan fingerprint density at radius 2 is 1.68 bits per heavy atom. The highest BCUT2D eigenvalue weighted by atomic mass is 79.9. The maximum Gasteiger partial charge on any atom is 0.323 e. The zero-order chi connectivity index (χ0) is 18.0. The fourth-order valence-corrected chi connectivity index (χ4v) is 3.61. The van der Waals surface area contributed by atoms with Crippen molar-refractivity contribution in [3.8, 4) is 0 Å². The molecule has 0 aliphatic carbocycles. The number of thiocarbonyl (C=S) groups is 1. The normalized spacial score (nSPS) is 10.6. The van der Waals surface area contributed by atoms with Crippen LogP contribution >= 0.6 is 39.7 Å². The molecule has 0 spiro atoms. The number of rotatable bonds is 4. The lowest BCUT2D eigenvalue weighted by Gasteiger charge is -2.24. The molecule has 0 aromatic heterocycles. The molecular formula is C19H13BrClNO2S. The molecule has 3 aromatic carbocycles. The van der Waals surface area contributed by atoms with Gasteiger partial charge in [-0.05, 0) is 41.1 Å². The fraction of sp³-hybridized carbons (Fsp3) is 0.0526. The monoisotopic (exact) mass is 433 g/mol. The Bertz CT molecular complexity index is 959. The van der Waals surface area contributed by atoms with Crippen molar-refractivity contribution in [3.05, 3.63) is 75.7 Å².